The van der Waals surface area contributed by atoms with Crippen LogP contribution in [0, 0.1) is 5.92 Å². The smallest absolute Gasteiger partial charge is 0.228 e. The van der Waals surface area contributed by atoms with E-state index in [-0.39, 0.29) is 29.8 Å². The molecule has 0 spiro atoms. The van der Waals surface area contributed by atoms with Crippen molar-refractivity contribution in [2.75, 3.05) is 26.2 Å². The summed E-state index contributed by atoms with van der Waals surface area (Å²) in [6.45, 7) is 7.03. The van der Waals surface area contributed by atoms with Gasteiger partial charge in [-0.3, -0.25) is 9.59 Å². The molecule has 5 heteroatoms. The first kappa shape index (κ1) is 16.0. The molecule has 1 aromatic carbocycles. The Bertz CT molecular complexity index is 575. The van der Waals surface area contributed by atoms with Crippen molar-refractivity contribution in [3.63, 3.8) is 0 Å². The van der Waals surface area contributed by atoms with Crippen molar-refractivity contribution >= 4 is 11.8 Å². The summed E-state index contributed by atoms with van der Waals surface area (Å²) in [6.07, 6.45) is 0.340. The quantitative estimate of drug-likeness (QED) is 0.918. The maximum Gasteiger partial charge on any atom is 0.228 e. The summed E-state index contributed by atoms with van der Waals surface area (Å²) in [5.41, 5.74) is 1.12. The molecule has 2 aliphatic rings. The van der Waals surface area contributed by atoms with Gasteiger partial charge in [-0.05, 0) is 19.4 Å². The van der Waals surface area contributed by atoms with Gasteiger partial charge in [0.15, 0.2) is 0 Å². The molecule has 0 radical (unpaired) electrons. The SMILES string of the molecule is CC(c1ccccc1)N1CC(C(=O)N2CCNC[C@@H]2C)CC1=O. The maximum atomic E-state index is 12.8. The molecule has 2 amide bonds. The van der Waals surface area contributed by atoms with Gasteiger partial charge in [0.05, 0.1) is 12.0 Å². The van der Waals surface area contributed by atoms with Gasteiger partial charge < -0.3 is 15.1 Å². The zero-order valence-corrected chi connectivity index (χ0v) is 13.9. The number of carbonyl (C=O) groups excluding carboxylic acids is 2. The van der Waals surface area contributed by atoms with Crippen LogP contribution in [0.5, 0.6) is 0 Å². The molecule has 2 heterocycles. The van der Waals surface area contributed by atoms with E-state index < -0.39 is 0 Å². The minimum Gasteiger partial charge on any atom is -0.337 e. The zero-order valence-electron chi connectivity index (χ0n) is 13.9. The summed E-state index contributed by atoms with van der Waals surface area (Å²) in [6, 6.07) is 10.2. The topological polar surface area (TPSA) is 52.7 Å². The molecule has 23 heavy (non-hydrogen) atoms. The first-order valence-electron chi connectivity index (χ1n) is 8.43. The lowest BCUT2D eigenvalue weighted by molar-refractivity contribution is -0.138. The van der Waals surface area contributed by atoms with E-state index in [0.29, 0.717) is 13.0 Å². The molecule has 2 fully saturated rings. The third-order valence-corrected chi connectivity index (χ3v) is 5.04. The molecule has 124 valence electrons. The fraction of sp³-hybridized carbons (Fsp3) is 0.556. The van der Waals surface area contributed by atoms with Crippen molar-refractivity contribution in [2.45, 2.75) is 32.4 Å². The van der Waals surface area contributed by atoms with Crippen LogP contribution in [0.4, 0.5) is 0 Å². The highest BCUT2D eigenvalue weighted by Crippen LogP contribution is 2.29. The van der Waals surface area contributed by atoms with Crippen LogP contribution in [0.15, 0.2) is 30.3 Å². The Morgan fingerprint density at radius 1 is 1.30 bits per heavy atom. The van der Waals surface area contributed by atoms with E-state index >= 15 is 0 Å². The molecular weight excluding hydrogens is 290 g/mol. The average Bonchev–Trinajstić information content (AvgIpc) is 2.96. The van der Waals surface area contributed by atoms with Crippen LogP contribution >= 0.6 is 0 Å². The normalized spacial score (nSPS) is 26.4. The number of rotatable bonds is 3. The zero-order chi connectivity index (χ0) is 16.4. The van der Waals surface area contributed by atoms with Crippen LogP contribution in [0.3, 0.4) is 0 Å². The first-order valence-corrected chi connectivity index (χ1v) is 8.43. The molecule has 2 aliphatic heterocycles. The molecule has 2 unspecified atom stereocenters. The predicted molar refractivity (Wildman–Crippen MR) is 88.7 cm³/mol. The lowest BCUT2D eigenvalue weighted by Gasteiger charge is -2.35. The van der Waals surface area contributed by atoms with Gasteiger partial charge in [-0.2, -0.15) is 0 Å². The summed E-state index contributed by atoms with van der Waals surface area (Å²) in [7, 11) is 0. The van der Waals surface area contributed by atoms with E-state index in [2.05, 4.69) is 12.2 Å². The summed E-state index contributed by atoms with van der Waals surface area (Å²) in [5.74, 6) is 0.0202. The number of amides is 2. The Morgan fingerprint density at radius 3 is 2.74 bits per heavy atom. The van der Waals surface area contributed by atoms with Crippen LogP contribution in [-0.2, 0) is 9.59 Å². The number of likely N-dealkylation sites (tertiary alicyclic amines) is 1. The highest BCUT2D eigenvalue weighted by atomic mass is 16.2. The summed E-state index contributed by atoms with van der Waals surface area (Å²) >= 11 is 0. The van der Waals surface area contributed by atoms with Crippen LogP contribution in [0.25, 0.3) is 0 Å². The highest BCUT2D eigenvalue weighted by molar-refractivity contribution is 5.89. The minimum absolute atomic E-state index is 0.0157. The number of nitrogens with one attached hydrogen (secondary N) is 1. The van der Waals surface area contributed by atoms with E-state index in [1.54, 1.807) is 0 Å². The second-order valence-corrected chi connectivity index (χ2v) is 6.62. The Hall–Kier alpha value is -1.88. The monoisotopic (exact) mass is 315 g/mol. The second kappa shape index (κ2) is 6.71. The fourth-order valence-electron chi connectivity index (χ4n) is 3.59. The number of benzene rings is 1. The maximum absolute atomic E-state index is 12.8. The Kier molecular flexibility index (Phi) is 4.66. The average molecular weight is 315 g/mol. The van der Waals surface area contributed by atoms with Crippen molar-refractivity contribution < 1.29 is 9.59 Å². The predicted octanol–water partition coefficient (Wildman–Crippen LogP) is 1.42. The van der Waals surface area contributed by atoms with Crippen molar-refractivity contribution in [2.24, 2.45) is 5.92 Å². The van der Waals surface area contributed by atoms with E-state index in [9.17, 15) is 9.59 Å². The van der Waals surface area contributed by atoms with Crippen LogP contribution < -0.4 is 5.32 Å². The second-order valence-electron chi connectivity index (χ2n) is 6.62. The third kappa shape index (κ3) is 3.24. The first-order chi connectivity index (χ1) is 11.1. The Balaban J connectivity index is 1.68. The fourth-order valence-corrected chi connectivity index (χ4v) is 3.59. The molecule has 0 aromatic heterocycles. The molecule has 0 bridgehead atoms. The Morgan fingerprint density at radius 2 is 2.04 bits per heavy atom. The highest BCUT2D eigenvalue weighted by Gasteiger charge is 2.39. The molecule has 0 saturated carbocycles. The van der Waals surface area contributed by atoms with E-state index in [1.165, 1.54) is 0 Å². The largest absolute Gasteiger partial charge is 0.337 e. The molecule has 1 N–H and O–H groups in total. The Labute approximate surface area is 137 Å². The minimum atomic E-state index is -0.200. The van der Waals surface area contributed by atoms with Crippen LogP contribution in [0.1, 0.15) is 31.9 Å². The lowest BCUT2D eigenvalue weighted by Crippen LogP contribution is -2.54. The summed E-state index contributed by atoms with van der Waals surface area (Å²) in [5, 5.41) is 3.30. The molecule has 2 saturated heterocycles. The van der Waals surface area contributed by atoms with Crippen molar-refractivity contribution in [3.05, 3.63) is 35.9 Å². The van der Waals surface area contributed by atoms with Crippen molar-refractivity contribution in [3.8, 4) is 0 Å². The number of piperazine rings is 1. The molecule has 5 nitrogen and oxygen atoms in total. The standard InChI is InChI=1S/C18H25N3O2/c1-13-11-19-8-9-20(13)18(23)16-10-17(22)21(12-16)14(2)15-6-4-3-5-7-15/h3-7,13-14,16,19H,8-12H2,1-2H3/t13-,14?,16?/m0/s1. The van der Waals surface area contributed by atoms with Gasteiger partial charge in [-0.25, -0.2) is 0 Å². The summed E-state index contributed by atoms with van der Waals surface area (Å²) in [4.78, 5) is 29.0. The van der Waals surface area contributed by atoms with Gasteiger partial charge in [-0.15, -0.1) is 0 Å². The molecular formula is C18H25N3O2. The van der Waals surface area contributed by atoms with Gasteiger partial charge >= 0.3 is 0 Å². The van der Waals surface area contributed by atoms with Gasteiger partial charge in [0, 0.05) is 38.6 Å². The van der Waals surface area contributed by atoms with Gasteiger partial charge in [-0.1, -0.05) is 30.3 Å². The third-order valence-electron chi connectivity index (χ3n) is 5.04. The van der Waals surface area contributed by atoms with Crippen LogP contribution in [0.2, 0.25) is 0 Å². The number of nitrogens with zero attached hydrogens (tertiary/aromatic N) is 2. The number of carbonyl (C=O) groups is 2. The van der Waals surface area contributed by atoms with Crippen molar-refractivity contribution in [1.82, 2.24) is 15.1 Å². The van der Waals surface area contributed by atoms with Gasteiger partial charge in [0.25, 0.3) is 0 Å². The van der Waals surface area contributed by atoms with E-state index in [4.69, 9.17) is 0 Å². The van der Waals surface area contributed by atoms with Crippen molar-refractivity contribution in [1.29, 1.82) is 0 Å². The molecule has 3 rings (SSSR count). The molecule has 3 atom stereocenters. The van der Waals surface area contributed by atoms with Gasteiger partial charge in [0.1, 0.15) is 0 Å². The molecule has 1 aromatic rings. The lowest BCUT2D eigenvalue weighted by atomic mass is 10.0. The van der Waals surface area contributed by atoms with Crippen LogP contribution in [-0.4, -0.2) is 53.8 Å². The molecule has 0 aliphatic carbocycles. The van der Waals surface area contributed by atoms with Gasteiger partial charge in [0.2, 0.25) is 11.8 Å². The number of hydrogen-bond donors (Lipinski definition) is 1. The number of hydrogen-bond acceptors (Lipinski definition) is 3. The van der Waals surface area contributed by atoms with E-state index in [1.807, 2.05) is 47.1 Å². The summed E-state index contributed by atoms with van der Waals surface area (Å²) < 4.78 is 0. The van der Waals surface area contributed by atoms with E-state index in [0.717, 1.165) is 25.2 Å².